The maximum absolute atomic E-state index is 16.6. The van der Waals surface area contributed by atoms with E-state index in [0.717, 1.165) is 44.4 Å². The number of nitrogens with two attached hydrogens (primary N) is 1. The average molecular weight is 641 g/mol. The lowest BCUT2D eigenvalue weighted by atomic mass is 9.95. The minimum atomic E-state index is -4.98. The zero-order chi connectivity index (χ0) is 31.2. The summed E-state index contributed by atoms with van der Waals surface area (Å²) in [5, 5.41) is 9.42. The predicted octanol–water partition coefficient (Wildman–Crippen LogP) is 5.15. The normalized spacial score (nSPS) is 26.0. The number of hydrogen-bond acceptors (Lipinski definition) is 9. The van der Waals surface area contributed by atoms with E-state index in [4.69, 9.17) is 26.8 Å². The van der Waals surface area contributed by atoms with Gasteiger partial charge in [0, 0.05) is 43.2 Å². The number of hydrogen-bond donors (Lipinski definition) is 2. The highest BCUT2D eigenvalue weighted by molar-refractivity contribution is 6.32. The second-order valence-corrected chi connectivity index (χ2v) is 12.7. The molecule has 2 aromatic heterocycles. The second-order valence-electron chi connectivity index (χ2n) is 12.3. The van der Waals surface area contributed by atoms with Crippen molar-refractivity contribution >= 4 is 34.0 Å². The fourth-order valence-corrected chi connectivity index (χ4v) is 7.53. The van der Waals surface area contributed by atoms with Gasteiger partial charge in [0.15, 0.2) is 5.82 Å². The van der Waals surface area contributed by atoms with E-state index in [0.29, 0.717) is 13.0 Å². The molecule has 7 rings (SSSR count). The number of nitrogens with zero attached hydrogens (tertiary/aromatic N) is 5. The van der Waals surface area contributed by atoms with E-state index < -0.39 is 63.8 Å². The van der Waals surface area contributed by atoms with Crippen molar-refractivity contribution in [1.82, 2.24) is 19.9 Å². The lowest BCUT2D eigenvalue weighted by Gasteiger charge is -2.35. The Morgan fingerprint density at radius 3 is 2.66 bits per heavy atom. The number of nitrogen functional groups attached to an aromatic ring is 1. The van der Waals surface area contributed by atoms with Gasteiger partial charge >= 0.3 is 12.2 Å². The first kappa shape index (κ1) is 29.5. The standard InChI is InChI=1S/C29H30ClF5N6O3/c1-40-24-19-23(38-26(39-24)43-13-28-3-2-6-41(28)11-14(31)9-28)21(32)22(17-7-15(36)8-18(30)20(17)29(33,34)35)37-25(19)44-16(12-42)10-27(40)4-5-27/h7-8,14,16,42H,2-6,9-13,36H2,1H3/t14-,16?,28+/m1/s1. The van der Waals surface area contributed by atoms with Gasteiger partial charge in [-0.05, 0) is 44.4 Å². The van der Waals surface area contributed by atoms with Gasteiger partial charge in [-0.15, -0.1) is 0 Å². The van der Waals surface area contributed by atoms with Crippen LogP contribution in [0.3, 0.4) is 0 Å². The van der Waals surface area contributed by atoms with Crippen molar-refractivity contribution in [3.8, 4) is 23.1 Å². The minimum absolute atomic E-state index is 0.0272. The predicted molar refractivity (Wildman–Crippen MR) is 152 cm³/mol. The molecule has 0 amide bonds. The molecule has 1 unspecified atom stereocenters. The molecule has 3 N–H and O–H groups in total. The van der Waals surface area contributed by atoms with E-state index in [1.54, 1.807) is 7.05 Å². The Hall–Kier alpha value is -3.23. The van der Waals surface area contributed by atoms with Crippen molar-refractivity contribution < 1.29 is 36.5 Å². The van der Waals surface area contributed by atoms with Crippen LogP contribution in [-0.4, -0.2) is 81.7 Å². The van der Waals surface area contributed by atoms with Crippen LogP contribution in [0.4, 0.5) is 33.5 Å². The SMILES string of the molecule is CN1c2nc(OC[C@@]34CCCN3C[C@H](F)C4)nc3c(F)c(-c4cc(N)cc(Cl)c4C(F)(F)F)nc(c23)OC(CO)CC12CC2. The molecular formula is C29H30ClF5N6O3. The zero-order valence-corrected chi connectivity index (χ0v) is 24.5. The van der Waals surface area contributed by atoms with Crippen LogP contribution in [0, 0.1) is 5.82 Å². The smallest absolute Gasteiger partial charge is 0.418 e. The molecule has 3 aromatic rings. The largest absolute Gasteiger partial charge is 0.471 e. The van der Waals surface area contributed by atoms with Gasteiger partial charge < -0.3 is 25.2 Å². The lowest BCUT2D eigenvalue weighted by Crippen LogP contribution is -2.44. The first-order valence-corrected chi connectivity index (χ1v) is 14.8. The van der Waals surface area contributed by atoms with Gasteiger partial charge in [-0.1, -0.05) is 11.6 Å². The van der Waals surface area contributed by atoms with E-state index in [9.17, 15) is 22.7 Å². The number of rotatable bonds is 5. The molecule has 0 radical (unpaired) electrons. The fraction of sp³-hybridized carbons (Fsp3) is 0.552. The molecule has 1 spiro atoms. The molecule has 1 aromatic carbocycles. The Kier molecular flexibility index (Phi) is 6.80. The first-order valence-electron chi connectivity index (χ1n) is 14.5. The molecular weight excluding hydrogens is 611 g/mol. The Morgan fingerprint density at radius 1 is 1.18 bits per heavy atom. The monoisotopic (exact) mass is 640 g/mol. The maximum atomic E-state index is 16.6. The van der Waals surface area contributed by atoms with Crippen LogP contribution in [-0.2, 0) is 6.18 Å². The summed E-state index contributed by atoms with van der Waals surface area (Å²) < 4.78 is 85.8. The number of ether oxygens (including phenoxy) is 2. The number of pyridine rings is 1. The number of halogens is 6. The van der Waals surface area contributed by atoms with Crippen molar-refractivity contribution in [3.63, 3.8) is 0 Å². The molecule has 3 aliphatic heterocycles. The van der Waals surface area contributed by atoms with Crippen LogP contribution in [0.25, 0.3) is 22.2 Å². The topological polar surface area (TPSA) is 110 Å². The van der Waals surface area contributed by atoms with Crippen LogP contribution in [0.15, 0.2) is 12.1 Å². The highest BCUT2D eigenvalue weighted by Crippen LogP contribution is 2.52. The van der Waals surface area contributed by atoms with Crippen LogP contribution >= 0.6 is 11.6 Å². The number of benzene rings is 1. The van der Waals surface area contributed by atoms with Crippen molar-refractivity contribution in [2.24, 2.45) is 0 Å². The molecule has 4 aliphatic rings. The number of aliphatic hydroxyl groups excluding tert-OH is 1. The summed E-state index contributed by atoms with van der Waals surface area (Å²) in [6.45, 7) is 0.694. The molecule has 44 heavy (non-hydrogen) atoms. The third kappa shape index (κ3) is 4.67. The van der Waals surface area contributed by atoms with Gasteiger partial charge in [-0.2, -0.15) is 23.1 Å². The number of anilines is 2. The lowest BCUT2D eigenvalue weighted by molar-refractivity contribution is -0.137. The van der Waals surface area contributed by atoms with Gasteiger partial charge in [-0.25, -0.2) is 13.8 Å². The molecule has 0 bridgehead atoms. The molecule has 236 valence electrons. The Labute approximate surface area is 254 Å². The zero-order valence-electron chi connectivity index (χ0n) is 23.7. The molecule has 15 heteroatoms. The number of aromatic nitrogens is 3. The molecule has 3 fully saturated rings. The van der Waals surface area contributed by atoms with Crippen LogP contribution in [0.5, 0.6) is 11.9 Å². The third-order valence-electron chi connectivity index (χ3n) is 9.54. The summed E-state index contributed by atoms with van der Waals surface area (Å²) in [4.78, 5) is 17.1. The van der Waals surface area contributed by atoms with Gasteiger partial charge in [0.2, 0.25) is 5.88 Å². The van der Waals surface area contributed by atoms with Gasteiger partial charge in [0.05, 0.1) is 22.7 Å². The second kappa shape index (κ2) is 10.1. The van der Waals surface area contributed by atoms with Gasteiger partial charge in [0.1, 0.15) is 41.3 Å². The van der Waals surface area contributed by atoms with Crippen LogP contribution in [0.2, 0.25) is 5.02 Å². The summed E-state index contributed by atoms with van der Waals surface area (Å²) in [5.41, 5.74) is 1.59. The van der Waals surface area contributed by atoms with E-state index in [-0.39, 0.29) is 47.3 Å². The summed E-state index contributed by atoms with van der Waals surface area (Å²) in [5.74, 6) is -1.20. The Morgan fingerprint density at radius 2 is 1.95 bits per heavy atom. The highest BCUT2D eigenvalue weighted by atomic mass is 35.5. The van der Waals surface area contributed by atoms with Crippen LogP contribution < -0.4 is 20.1 Å². The van der Waals surface area contributed by atoms with E-state index in [1.807, 2.05) is 4.90 Å². The molecule has 3 atom stereocenters. The van der Waals surface area contributed by atoms with Gasteiger partial charge in [-0.3, -0.25) is 4.90 Å². The third-order valence-corrected chi connectivity index (χ3v) is 9.84. The average Bonchev–Trinajstić information content (AvgIpc) is 3.53. The summed E-state index contributed by atoms with van der Waals surface area (Å²) >= 11 is 5.99. The number of alkyl halides is 4. The van der Waals surface area contributed by atoms with Crippen molar-refractivity contribution in [1.29, 1.82) is 0 Å². The number of aliphatic hydroxyl groups is 1. The summed E-state index contributed by atoms with van der Waals surface area (Å²) in [6, 6.07) is 1.66. The van der Waals surface area contributed by atoms with Gasteiger partial charge in [0.25, 0.3) is 0 Å². The summed E-state index contributed by atoms with van der Waals surface area (Å²) in [7, 11) is 1.77. The molecule has 1 saturated carbocycles. The first-order chi connectivity index (χ1) is 20.8. The molecule has 2 saturated heterocycles. The molecule has 5 heterocycles. The highest BCUT2D eigenvalue weighted by Gasteiger charge is 2.52. The molecule has 9 nitrogen and oxygen atoms in total. The Bertz CT molecular complexity index is 1660. The van der Waals surface area contributed by atoms with E-state index in [1.165, 1.54) is 0 Å². The number of fused-ring (bicyclic) bond motifs is 1. The van der Waals surface area contributed by atoms with Crippen molar-refractivity contribution in [3.05, 3.63) is 28.5 Å². The van der Waals surface area contributed by atoms with Crippen molar-refractivity contribution in [2.45, 2.75) is 68.1 Å². The van der Waals surface area contributed by atoms with E-state index >= 15 is 4.39 Å². The minimum Gasteiger partial charge on any atom is -0.471 e. The van der Waals surface area contributed by atoms with Crippen LogP contribution in [0.1, 0.15) is 44.1 Å². The fourth-order valence-electron chi connectivity index (χ4n) is 7.20. The quantitative estimate of drug-likeness (QED) is 0.289. The Balaban J connectivity index is 1.43. The van der Waals surface area contributed by atoms with Crippen molar-refractivity contribution in [2.75, 3.05) is 44.0 Å². The maximum Gasteiger partial charge on any atom is 0.418 e. The molecule has 1 aliphatic carbocycles. The summed E-state index contributed by atoms with van der Waals surface area (Å²) in [6.07, 6.45) is -3.00. The van der Waals surface area contributed by atoms with E-state index in [2.05, 4.69) is 19.9 Å².